The molecule has 1 amide bonds. The molecule has 162 valence electrons. The van der Waals surface area contributed by atoms with Gasteiger partial charge in [-0.15, -0.1) is 0 Å². The highest BCUT2D eigenvalue weighted by Crippen LogP contribution is 2.31. The summed E-state index contributed by atoms with van der Waals surface area (Å²) in [5.74, 6) is 1.12. The quantitative estimate of drug-likeness (QED) is 0.475. The Morgan fingerprint density at radius 1 is 0.906 bits per heavy atom. The Bertz CT molecular complexity index is 1210. The molecule has 1 heterocycles. The number of hydrogen-bond acceptors (Lipinski definition) is 4. The number of aryl methyl sites for hydroxylation is 2. The van der Waals surface area contributed by atoms with E-state index in [1.54, 1.807) is 7.11 Å². The van der Waals surface area contributed by atoms with Crippen LogP contribution in [0.2, 0.25) is 0 Å². The Kier molecular flexibility index (Phi) is 6.08. The Balaban J connectivity index is 1.56. The number of amides is 1. The highest BCUT2D eigenvalue weighted by atomic mass is 16.5. The number of carbonyl (C=O) groups excluding carboxylic acids is 1. The minimum Gasteiger partial charge on any atom is -0.493 e. The van der Waals surface area contributed by atoms with Crippen LogP contribution in [0.1, 0.15) is 29.2 Å². The number of hydrazone groups is 1. The van der Waals surface area contributed by atoms with E-state index in [0.29, 0.717) is 29.4 Å². The summed E-state index contributed by atoms with van der Waals surface area (Å²) in [7, 11) is 1.61. The van der Waals surface area contributed by atoms with Crippen LogP contribution >= 0.6 is 0 Å². The number of carbonyl (C=O) groups is 1. The van der Waals surface area contributed by atoms with Gasteiger partial charge in [-0.3, -0.25) is 4.79 Å². The largest absolute Gasteiger partial charge is 0.493 e. The van der Waals surface area contributed by atoms with Crippen LogP contribution in [-0.4, -0.2) is 18.7 Å². The summed E-state index contributed by atoms with van der Waals surface area (Å²) in [6, 6.07) is 21.5. The first kappa shape index (κ1) is 21.4. The molecule has 1 aliphatic rings. The topological polar surface area (TPSA) is 51.1 Å². The van der Waals surface area contributed by atoms with Crippen LogP contribution in [0.5, 0.6) is 11.5 Å². The molecule has 0 fully saturated rings. The predicted octanol–water partition coefficient (Wildman–Crippen LogP) is 5.70. The molecule has 5 heteroatoms. The molecule has 0 N–H and O–H groups in total. The second-order valence-corrected chi connectivity index (χ2v) is 7.81. The molecule has 0 aromatic heterocycles. The average Bonchev–Trinajstić information content (AvgIpc) is 3.09. The zero-order chi connectivity index (χ0) is 22.7. The first-order valence-electron chi connectivity index (χ1n) is 10.5. The molecular formula is C27H26N2O3. The van der Waals surface area contributed by atoms with Crippen molar-refractivity contribution >= 4 is 23.4 Å². The maximum Gasteiger partial charge on any atom is 0.280 e. The van der Waals surface area contributed by atoms with Crippen molar-refractivity contribution in [1.82, 2.24) is 0 Å². The van der Waals surface area contributed by atoms with Crippen molar-refractivity contribution in [2.24, 2.45) is 5.10 Å². The van der Waals surface area contributed by atoms with Gasteiger partial charge in [0.05, 0.1) is 24.1 Å². The van der Waals surface area contributed by atoms with Crippen LogP contribution in [0.4, 0.5) is 5.69 Å². The number of rotatable bonds is 6. The van der Waals surface area contributed by atoms with Gasteiger partial charge in [0.25, 0.3) is 5.91 Å². The highest BCUT2D eigenvalue weighted by molar-refractivity contribution is 6.32. The van der Waals surface area contributed by atoms with Gasteiger partial charge < -0.3 is 9.47 Å². The molecule has 3 aromatic rings. The average molecular weight is 427 g/mol. The van der Waals surface area contributed by atoms with Crippen molar-refractivity contribution in [2.75, 3.05) is 12.1 Å². The molecule has 0 unspecified atom stereocenters. The van der Waals surface area contributed by atoms with Crippen molar-refractivity contribution in [1.29, 1.82) is 0 Å². The lowest BCUT2D eigenvalue weighted by atomic mass is 10.1. The van der Waals surface area contributed by atoms with Gasteiger partial charge in [-0.2, -0.15) is 10.1 Å². The third-order valence-corrected chi connectivity index (χ3v) is 5.53. The fourth-order valence-corrected chi connectivity index (χ4v) is 3.51. The van der Waals surface area contributed by atoms with Crippen molar-refractivity contribution in [3.63, 3.8) is 0 Å². The summed E-state index contributed by atoms with van der Waals surface area (Å²) in [5.41, 5.74) is 6.22. The fourth-order valence-electron chi connectivity index (χ4n) is 3.51. The van der Waals surface area contributed by atoms with E-state index >= 15 is 0 Å². The fraction of sp³-hybridized carbons (Fsp3) is 0.185. The maximum absolute atomic E-state index is 13.1. The third kappa shape index (κ3) is 4.42. The molecule has 0 bridgehead atoms. The van der Waals surface area contributed by atoms with E-state index in [1.807, 2.05) is 93.6 Å². The van der Waals surface area contributed by atoms with Crippen molar-refractivity contribution in [3.8, 4) is 11.5 Å². The predicted molar refractivity (Wildman–Crippen MR) is 128 cm³/mol. The standard InChI is InChI=1S/C27H26N2O3/c1-18-10-12-23(14-19(18)2)29-27(30)24(20(3)28-29)15-22-11-13-25(26(16-22)31-4)32-17-21-8-6-5-7-9-21/h5-16H,17H2,1-4H3. The number of benzene rings is 3. The van der Waals surface area contributed by atoms with Crippen molar-refractivity contribution in [3.05, 3.63) is 94.6 Å². The van der Waals surface area contributed by atoms with Crippen LogP contribution < -0.4 is 14.5 Å². The number of methoxy groups -OCH3 is 1. The second-order valence-electron chi connectivity index (χ2n) is 7.81. The summed E-state index contributed by atoms with van der Waals surface area (Å²) >= 11 is 0. The van der Waals surface area contributed by atoms with E-state index < -0.39 is 0 Å². The van der Waals surface area contributed by atoms with E-state index in [4.69, 9.17) is 9.47 Å². The van der Waals surface area contributed by atoms with Crippen LogP contribution in [0.3, 0.4) is 0 Å². The summed E-state index contributed by atoms with van der Waals surface area (Å²) < 4.78 is 11.5. The molecule has 5 nitrogen and oxygen atoms in total. The van der Waals surface area contributed by atoms with Gasteiger partial charge in [0.15, 0.2) is 11.5 Å². The van der Waals surface area contributed by atoms with Gasteiger partial charge >= 0.3 is 0 Å². The summed E-state index contributed by atoms with van der Waals surface area (Å²) in [4.78, 5) is 13.1. The molecule has 3 aromatic carbocycles. The molecule has 32 heavy (non-hydrogen) atoms. The number of anilines is 1. The van der Waals surface area contributed by atoms with Crippen molar-refractivity contribution in [2.45, 2.75) is 27.4 Å². The summed E-state index contributed by atoms with van der Waals surface area (Å²) in [6.07, 6.45) is 1.84. The molecule has 1 aliphatic heterocycles. The zero-order valence-electron chi connectivity index (χ0n) is 18.8. The minimum absolute atomic E-state index is 0.144. The smallest absolute Gasteiger partial charge is 0.280 e. The lowest BCUT2D eigenvalue weighted by molar-refractivity contribution is -0.114. The minimum atomic E-state index is -0.144. The molecule has 0 radical (unpaired) electrons. The molecule has 0 atom stereocenters. The summed E-state index contributed by atoms with van der Waals surface area (Å²) in [5, 5.41) is 5.95. The zero-order valence-corrected chi connectivity index (χ0v) is 18.8. The van der Waals surface area contributed by atoms with Crippen LogP contribution in [0.15, 0.2) is 77.4 Å². The van der Waals surface area contributed by atoms with E-state index in [-0.39, 0.29) is 5.91 Å². The first-order chi connectivity index (χ1) is 15.5. The highest BCUT2D eigenvalue weighted by Gasteiger charge is 2.29. The molecule has 0 spiro atoms. The molecule has 0 saturated heterocycles. The molecular weight excluding hydrogens is 400 g/mol. The Morgan fingerprint density at radius 2 is 1.69 bits per heavy atom. The Morgan fingerprint density at radius 3 is 2.41 bits per heavy atom. The van der Waals surface area contributed by atoms with E-state index in [9.17, 15) is 4.79 Å². The summed E-state index contributed by atoms with van der Waals surface area (Å²) in [6.45, 7) is 6.37. The van der Waals surface area contributed by atoms with Gasteiger partial charge in [0, 0.05) is 0 Å². The van der Waals surface area contributed by atoms with Crippen LogP contribution in [-0.2, 0) is 11.4 Å². The number of ether oxygens (including phenoxy) is 2. The van der Waals surface area contributed by atoms with E-state index in [0.717, 1.165) is 22.4 Å². The van der Waals surface area contributed by atoms with Crippen LogP contribution in [0.25, 0.3) is 6.08 Å². The van der Waals surface area contributed by atoms with Gasteiger partial charge in [-0.05, 0) is 73.4 Å². The second kappa shape index (κ2) is 9.10. The monoisotopic (exact) mass is 426 g/mol. The van der Waals surface area contributed by atoms with Gasteiger partial charge in [0.2, 0.25) is 0 Å². The maximum atomic E-state index is 13.1. The first-order valence-corrected chi connectivity index (χ1v) is 10.5. The number of nitrogens with zero attached hydrogens (tertiary/aromatic N) is 2. The van der Waals surface area contributed by atoms with E-state index in [1.165, 1.54) is 10.6 Å². The van der Waals surface area contributed by atoms with Crippen molar-refractivity contribution < 1.29 is 14.3 Å². The molecule has 4 rings (SSSR count). The SMILES string of the molecule is COc1cc(C=C2C(=O)N(c3ccc(C)c(C)c3)N=C2C)ccc1OCc1ccccc1. The lowest BCUT2D eigenvalue weighted by Gasteiger charge is -2.13. The van der Waals surface area contributed by atoms with Crippen LogP contribution in [0, 0.1) is 13.8 Å². The lowest BCUT2D eigenvalue weighted by Crippen LogP contribution is -2.21. The number of hydrogen-bond donors (Lipinski definition) is 0. The Hall–Kier alpha value is -3.86. The van der Waals surface area contributed by atoms with Gasteiger partial charge in [-0.25, -0.2) is 0 Å². The molecule has 0 aliphatic carbocycles. The molecule has 0 saturated carbocycles. The normalized spacial score (nSPS) is 14.6. The Labute approximate surface area is 188 Å². The van der Waals surface area contributed by atoms with E-state index in [2.05, 4.69) is 5.10 Å². The van der Waals surface area contributed by atoms with Gasteiger partial charge in [-0.1, -0.05) is 42.5 Å². The van der Waals surface area contributed by atoms with Gasteiger partial charge in [0.1, 0.15) is 6.61 Å². The third-order valence-electron chi connectivity index (χ3n) is 5.53.